The topological polar surface area (TPSA) is 44.0 Å². The summed E-state index contributed by atoms with van der Waals surface area (Å²) in [5, 5.41) is 17.5. The van der Waals surface area contributed by atoms with Crippen LogP contribution in [0.25, 0.3) is 0 Å². The predicted octanol–water partition coefficient (Wildman–Crippen LogP) is 1.68. The Kier molecular flexibility index (Phi) is 2.88. The number of alkyl halides is 3. The van der Waals surface area contributed by atoms with E-state index in [0.29, 0.717) is 17.8 Å². The molecule has 0 aromatic heterocycles. The minimum Gasteiger partial charge on any atom is -0.388 e. The largest absolute Gasteiger partial charge is 0.422 e. The summed E-state index contributed by atoms with van der Waals surface area (Å²) in [4.78, 5) is -0.813. The van der Waals surface area contributed by atoms with Gasteiger partial charge in [0.25, 0.3) is 0 Å². The minimum atomic E-state index is -4.41. The monoisotopic (exact) mass is 209 g/mol. The van der Waals surface area contributed by atoms with Crippen LogP contribution in [0.1, 0.15) is 0 Å². The number of nitrogens with zero attached hydrogens (tertiary/aromatic N) is 1. The zero-order valence-electron chi connectivity index (χ0n) is 6.38. The Balaban J connectivity index is 2.80. The highest BCUT2D eigenvalue weighted by Crippen LogP contribution is 2.39. The van der Waals surface area contributed by atoms with Crippen LogP contribution in [-0.2, 0) is 0 Å². The molecule has 0 bridgehead atoms. The van der Waals surface area contributed by atoms with Crippen molar-refractivity contribution in [3.63, 3.8) is 0 Å². The summed E-state index contributed by atoms with van der Waals surface area (Å²) in [6.45, 7) is 0. The maximum Gasteiger partial charge on any atom is 0.422 e. The molecule has 0 radical (unpaired) electrons. The second-order valence-corrected chi connectivity index (χ2v) is 3.63. The zero-order chi connectivity index (χ0) is 10.1. The molecule has 1 aliphatic heterocycles. The average Bonchev–Trinajstić information content (AvgIpc) is 2.02. The molecule has 0 amide bonds. The lowest BCUT2D eigenvalue weighted by atomic mass is 10.1. The van der Waals surface area contributed by atoms with Gasteiger partial charge in [0.15, 0.2) is 0 Å². The number of allylic oxidation sites excluding steroid dienone is 1. The van der Waals surface area contributed by atoms with E-state index < -0.39 is 23.1 Å². The van der Waals surface area contributed by atoms with Gasteiger partial charge >= 0.3 is 6.18 Å². The molecule has 72 valence electrons. The summed E-state index contributed by atoms with van der Waals surface area (Å²) >= 11 is 0.560. The van der Waals surface area contributed by atoms with Crippen molar-refractivity contribution in [2.75, 3.05) is 5.75 Å². The molecule has 0 aliphatic carbocycles. The van der Waals surface area contributed by atoms with Gasteiger partial charge in [-0.3, -0.25) is 0 Å². The van der Waals surface area contributed by atoms with Gasteiger partial charge in [-0.25, -0.2) is 0 Å². The van der Waals surface area contributed by atoms with Gasteiger partial charge in [-0.15, -0.1) is 11.8 Å². The maximum absolute atomic E-state index is 12.1. The molecule has 2 atom stereocenters. The molecular formula is C7H6F3NOS. The van der Waals surface area contributed by atoms with Crippen molar-refractivity contribution in [3.8, 4) is 6.07 Å². The molecule has 13 heavy (non-hydrogen) atoms. The van der Waals surface area contributed by atoms with Crippen LogP contribution in [0.2, 0.25) is 0 Å². The molecule has 0 aromatic carbocycles. The van der Waals surface area contributed by atoms with Crippen molar-refractivity contribution in [2.24, 2.45) is 5.92 Å². The predicted molar refractivity (Wildman–Crippen MR) is 41.7 cm³/mol. The molecule has 1 aliphatic rings. The van der Waals surface area contributed by atoms with Crippen molar-refractivity contribution in [1.29, 1.82) is 5.26 Å². The third-order valence-corrected chi connectivity index (χ3v) is 2.80. The fourth-order valence-corrected chi connectivity index (χ4v) is 1.92. The van der Waals surface area contributed by atoms with Crippen molar-refractivity contribution in [1.82, 2.24) is 0 Å². The first-order chi connectivity index (χ1) is 5.95. The molecule has 1 rings (SSSR count). The fraction of sp³-hybridized carbons (Fsp3) is 0.571. The van der Waals surface area contributed by atoms with Crippen LogP contribution < -0.4 is 0 Å². The number of rotatable bonds is 0. The van der Waals surface area contributed by atoms with Crippen molar-refractivity contribution < 1.29 is 18.3 Å². The first-order valence-corrected chi connectivity index (χ1v) is 4.43. The lowest BCUT2D eigenvalue weighted by Crippen LogP contribution is -2.26. The molecule has 6 heteroatoms. The molecule has 0 saturated heterocycles. The quantitative estimate of drug-likeness (QED) is 0.660. The minimum absolute atomic E-state index is 0.0109. The van der Waals surface area contributed by atoms with Crippen LogP contribution >= 0.6 is 11.8 Å². The van der Waals surface area contributed by atoms with Gasteiger partial charge in [-0.1, -0.05) is 0 Å². The molecule has 0 aromatic rings. The van der Waals surface area contributed by atoms with Gasteiger partial charge < -0.3 is 5.11 Å². The second-order valence-electron chi connectivity index (χ2n) is 2.57. The van der Waals surface area contributed by atoms with Gasteiger partial charge in [-0.2, -0.15) is 18.4 Å². The Hall–Kier alpha value is -0.670. The molecule has 0 unspecified atom stereocenters. The number of nitriles is 1. The summed E-state index contributed by atoms with van der Waals surface area (Å²) in [7, 11) is 0. The summed E-state index contributed by atoms with van der Waals surface area (Å²) in [5.74, 6) is -0.751. The van der Waals surface area contributed by atoms with Crippen molar-refractivity contribution >= 4 is 11.8 Å². The van der Waals surface area contributed by atoms with Crippen LogP contribution in [0.4, 0.5) is 13.2 Å². The van der Waals surface area contributed by atoms with Crippen LogP contribution in [0.5, 0.6) is 0 Å². The average molecular weight is 209 g/mol. The van der Waals surface area contributed by atoms with Gasteiger partial charge in [0, 0.05) is 5.75 Å². The van der Waals surface area contributed by atoms with Crippen LogP contribution in [0.15, 0.2) is 11.0 Å². The van der Waals surface area contributed by atoms with E-state index in [9.17, 15) is 13.2 Å². The van der Waals surface area contributed by atoms with E-state index in [-0.39, 0.29) is 5.75 Å². The number of halogens is 3. The Labute approximate surface area is 77.0 Å². The highest BCUT2D eigenvalue weighted by molar-refractivity contribution is 8.03. The number of hydrogen-bond donors (Lipinski definition) is 1. The SMILES string of the molecule is N#C[C@@H]1CSC(C(F)(F)F)=C[C@@H]1O. The highest BCUT2D eigenvalue weighted by Gasteiger charge is 2.38. The lowest BCUT2D eigenvalue weighted by Gasteiger charge is -2.22. The number of aliphatic hydroxyl groups excluding tert-OH is 1. The van der Waals surface area contributed by atoms with Crippen LogP contribution in [-0.4, -0.2) is 23.1 Å². The van der Waals surface area contributed by atoms with Gasteiger partial charge in [0.1, 0.15) is 0 Å². The van der Waals surface area contributed by atoms with Gasteiger partial charge in [0.2, 0.25) is 0 Å². The lowest BCUT2D eigenvalue weighted by molar-refractivity contribution is -0.0848. The summed E-state index contributed by atoms with van der Waals surface area (Å²) in [6, 6.07) is 1.74. The third-order valence-electron chi connectivity index (χ3n) is 1.60. The first kappa shape index (κ1) is 10.4. The number of hydrogen-bond acceptors (Lipinski definition) is 3. The number of thioether (sulfide) groups is 1. The summed E-state index contributed by atoms with van der Waals surface area (Å²) in [5.41, 5.74) is 0. The fourth-order valence-electron chi connectivity index (χ4n) is 0.887. The smallest absolute Gasteiger partial charge is 0.388 e. The third kappa shape index (κ3) is 2.39. The van der Waals surface area contributed by atoms with Gasteiger partial charge in [-0.05, 0) is 6.08 Å². The van der Waals surface area contributed by atoms with Crippen LogP contribution in [0, 0.1) is 17.2 Å². The van der Waals surface area contributed by atoms with Crippen molar-refractivity contribution in [2.45, 2.75) is 12.3 Å². The normalized spacial score (nSPS) is 29.3. The number of aliphatic hydroxyl groups is 1. The first-order valence-electron chi connectivity index (χ1n) is 3.44. The van der Waals surface area contributed by atoms with E-state index in [4.69, 9.17) is 10.4 Å². The molecule has 0 spiro atoms. The van der Waals surface area contributed by atoms with Gasteiger partial charge in [0.05, 0.1) is 23.0 Å². The Morgan fingerprint density at radius 2 is 2.23 bits per heavy atom. The van der Waals surface area contributed by atoms with E-state index in [0.717, 1.165) is 0 Å². The molecule has 0 fully saturated rings. The van der Waals surface area contributed by atoms with E-state index in [1.54, 1.807) is 6.07 Å². The van der Waals surface area contributed by atoms with E-state index in [1.165, 1.54) is 0 Å². The molecule has 1 heterocycles. The Morgan fingerprint density at radius 1 is 1.62 bits per heavy atom. The highest BCUT2D eigenvalue weighted by atomic mass is 32.2. The standard InChI is InChI=1S/C7H6F3NOS/c8-7(9,10)6-1-5(12)4(2-11)3-13-6/h1,4-5,12H,3H2/t4-,5+/m1/s1. The zero-order valence-corrected chi connectivity index (χ0v) is 7.19. The summed E-state index contributed by atoms with van der Waals surface area (Å²) < 4.78 is 36.2. The Morgan fingerprint density at radius 3 is 2.62 bits per heavy atom. The Bertz CT molecular complexity index is 268. The molecular weight excluding hydrogens is 203 g/mol. The van der Waals surface area contributed by atoms with Crippen molar-refractivity contribution in [3.05, 3.63) is 11.0 Å². The second kappa shape index (κ2) is 3.60. The summed E-state index contributed by atoms with van der Waals surface area (Å²) in [6.07, 6.45) is -5.02. The molecule has 2 nitrogen and oxygen atoms in total. The van der Waals surface area contributed by atoms with E-state index >= 15 is 0 Å². The maximum atomic E-state index is 12.1. The molecule has 1 N–H and O–H groups in total. The van der Waals surface area contributed by atoms with Crippen LogP contribution in [0.3, 0.4) is 0 Å². The molecule has 0 saturated carbocycles. The van der Waals surface area contributed by atoms with E-state index in [2.05, 4.69) is 0 Å². The van der Waals surface area contributed by atoms with E-state index in [1.807, 2.05) is 0 Å².